The molecule has 2 heterocycles. The second-order valence-electron chi connectivity index (χ2n) is 10.5. The molecule has 0 aliphatic rings. The first-order valence-electron chi connectivity index (χ1n) is 14.3. The summed E-state index contributed by atoms with van der Waals surface area (Å²) in [5, 5.41) is 30.0. The third kappa shape index (κ3) is 8.23. The number of aryl methyl sites for hydroxylation is 2. The number of fused-ring (bicyclic) bond motifs is 1. The smallest absolute Gasteiger partial charge is 0.490 e. The lowest BCUT2D eigenvalue weighted by molar-refractivity contribution is -0.192. The van der Waals surface area contributed by atoms with E-state index in [1.807, 2.05) is 50.2 Å². The van der Waals surface area contributed by atoms with Gasteiger partial charge in [-0.1, -0.05) is 6.07 Å². The summed E-state index contributed by atoms with van der Waals surface area (Å²) in [6.07, 6.45) is -3.43. The topological polar surface area (TPSA) is 174 Å². The number of rotatable bonds is 9. The number of benzene rings is 3. The van der Waals surface area contributed by atoms with E-state index in [-0.39, 0.29) is 18.2 Å². The maximum Gasteiger partial charge on any atom is 0.490 e. The molecule has 0 radical (unpaired) electrons. The van der Waals surface area contributed by atoms with Gasteiger partial charge in [0.05, 0.1) is 25.6 Å². The zero-order valence-electron chi connectivity index (χ0n) is 26.3. The number of aromatic nitrogens is 3. The standard InChI is InChI=1S/C31H32N6O4.C2HF3O2/c1-18-13-19(2)37(36-18)26-9-7-24(38)15-22(26)17-34-31(39)29(21-5-10-27(40-3)28(16-21)41-4)35-23-6-8-25-20(14-23)11-12-33-30(25)32;3-2(4,5)1(6)7/h5-16,29,35,38H,17H2,1-4H3,(H2,32,33)(H,34,39);(H,6,7). The zero-order valence-corrected chi connectivity index (χ0v) is 26.3. The fraction of sp³-hybridized carbons (Fsp3) is 0.212. The Morgan fingerprint density at radius 1 is 0.979 bits per heavy atom. The average molecular weight is 667 g/mol. The van der Waals surface area contributed by atoms with Crippen molar-refractivity contribution in [1.29, 1.82) is 0 Å². The molecule has 252 valence electrons. The summed E-state index contributed by atoms with van der Waals surface area (Å²) in [6.45, 7) is 4.04. The number of aromatic hydroxyl groups is 1. The van der Waals surface area contributed by atoms with Crippen molar-refractivity contribution in [2.24, 2.45) is 0 Å². The van der Waals surface area contributed by atoms with Crippen LogP contribution in [0.3, 0.4) is 0 Å². The highest BCUT2D eigenvalue weighted by atomic mass is 19.4. The number of phenolic OH excluding ortho intramolecular Hbond substituents is 1. The highest BCUT2D eigenvalue weighted by molar-refractivity contribution is 5.94. The van der Waals surface area contributed by atoms with E-state index in [1.165, 1.54) is 0 Å². The normalized spacial score (nSPS) is 11.6. The van der Waals surface area contributed by atoms with Gasteiger partial charge < -0.3 is 36.1 Å². The predicted octanol–water partition coefficient (Wildman–Crippen LogP) is 5.45. The van der Waals surface area contributed by atoms with Gasteiger partial charge in [-0.05, 0) is 85.5 Å². The Morgan fingerprint density at radius 3 is 2.31 bits per heavy atom. The molecule has 6 N–H and O–H groups in total. The molecular weight excluding hydrogens is 633 g/mol. The van der Waals surface area contributed by atoms with Crippen LogP contribution >= 0.6 is 0 Å². The summed E-state index contributed by atoms with van der Waals surface area (Å²) in [4.78, 5) is 26.9. The van der Waals surface area contributed by atoms with E-state index >= 15 is 0 Å². The number of nitrogens with one attached hydrogen (secondary N) is 2. The van der Waals surface area contributed by atoms with Gasteiger partial charge in [0.1, 0.15) is 17.6 Å². The van der Waals surface area contributed by atoms with E-state index in [1.54, 1.807) is 55.4 Å². The first kappa shape index (κ1) is 34.9. The fourth-order valence-corrected chi connectivity index (χ4v) is 4.87. The number of nitrogen functional groups attached to an aromatic ring is 1. The summed E-state index contributed by atoms with van der Waals surface area (Å²) < 4.78 is 44.4. The predicted molar refractivity (Wildman–Crippen MR) is 172 cm³/mol. The van der Waals surface area contributed by atoms with Gasteiger partial charge in [0.2, 0.25) is 5.91 Å². The molecule has 15 heteroatoms. The number of phenols is 1. The molecule has 1 atom stereocenters. The van der Waals surface area contributed by atoms with Gasteiger partial charge in [0.25, 0.3) is 0 Å². The highest BCUT2D eigenvalue weighted by Crippen LogP contribution is 2.32. The number of carbonyl (C=O) groups excluding carboxylic acids is 1. The number of carbonyl (C=O) groups is 2. The highest BCUT2D eigenvalue weighted by Gasteiger charge is 2.38. The molecule has 0 aliphatic carbocycles. The second kappa shape index (κ2) is 14.6. The van der Waals surface area contributed by atoms with Gasteiger partial charge in [-0.3, -0.25) is 4.79 Å². The maximum absolute atomic E-state index is 13.8. The number of amides is 1. The summed E-state index contributed by atoms with van der Waals surface area (Å²) in [7, 11) is 3.11. The minimum absolute atomic E-state index is 0.0963. The summed E-state index contributed by atoms with van der Waals surface area (Å²) in [5.74, 6) is -1.45. The number of ether oxygens (including phenoxy) is 2. The molecule has 5 rings (SSSR count). The number of aliphatic carboxylic acids is 1. The third-order valence-corrected chi connectivity index (χ3v) is 7.11. The van der Waals surface area contributed by atoms with Crippen molar-refractivity contribution in [3.63, 3.8) is 0 Å². The quantitative estimate of drug-likeness (QED) is 0.136. The van der Waals surface area contributed by atoms with Crippen molar-refractivity contribution in [3.8, 4) is 22.9 Å². The number of nitrogens with two attached hydrogens (primary N) is 1. The molecule has 1 amide bonds. The van der Waals surface area contributed by atoms with Crippen molar-refractivity contribution in [2.75, 3.05) is 25.3 Å². The maximum atomic E-state index is 13.8. The van der Waals surface area contributed by atoms with Crippen LogP contribution in [0, 0.1) is 13.8 Å². The van der Waals surface area contributed by atoms with Crippen LogP contribution in [0.4, 0.5) is 24.7 Å². The number of pyridine rings is 1. The lowest BCUT2D eigenvalue weighted by Crippen LogP contribution is -2.33. The van der Waals surface area contributed by atoms with Crippen LogP contribution in [-0.2, 0) is 16.1 Å². The van der Waals surface area contributed by atoms with E-state index in [4.69, 9.17) is 25.1 Å². The van der Waals surface area contributed by atoms with Gasteiger partial charge in [-0.15, -0.1) is 0 Å². The van der Waals surface area contributed by atoms with E-state index in [0.29, 0.717) is 28.4 Å². The number of carboxylic acid groups (broad SMARTS) is 1. The first-order chi connectivity index (χ1) is 22.7. The Labute approximate surface area is 272 Å². The molecule has 2 aromatic heterocycles. The van der Waals surface area contributed by atoms with Crippen molar-refractivity contribution >= 4 is 34.2 Å². The monoisotopic (exact) mass is 666 g/mol. The molecule has 0 saturated heterocycles. The number of methoxy groups -OCH3 is 2. The van der Waals surface area contributed by atoms with Crippen LogP contribution in [0.25, 0.3) is 16.5 Å². The third-order valence-electron chi connectivity index (χ3n) is 7.11. The number of hydrogen-bond acceptors (Lipinski definition) is 9. The summed E-state index contributed by atoms with van der Waals surface area (Å²) in [6, 6.07) is 19.1. The lowest BCUT2D eigenvalue weighted by atomic mass is 10.0. The molecule has 0 spiro atoms. The van der Waals surface area contributed by atoms with Crippen molar-refractivity contribution in [1.82, 2.24) is 20.1 Å². The van der Waals surface area contributed by atoms with Crippen LogP contribution in [0.5, 0.6) is 17.2 Å². The number of alkyl halides is 3. The van der Waals surface area contributed by atoms with E-state index in [9.17, 15) is 23.1 Å². The van der Waals surface area contributed by atoms with Crippen LogP contribution in [0.1, 0.15) is 28.6 Å². The summed E-state index contributed by atoms with van der Waals surface area (Å²) in [5.41, 5.74) is 10.7. The van der Waals surface area contributed by atoms with Crippen LogP contribution in [-0.4, -0.2) is 57.2 Å². The Morgan fingerprint density at radius 2 is 1.69 bits per heavy atom. The number of anilines is 2. The zero-order chi connectivity index (χ0) is 35.2. The SMILES string of the molecule is COc1ccc(C(Nc2ccc3c(N)nccc3c2)C(=O)NCc2cc(O)ccc2-n2nc(C)cc2C)cc1OC.O=C(O)C(F)(F)F. The van der Waals surface area contributed by atoms with Crippen LogP contribution in [0.15, 0.2) is 72.9 Å². The summed E-state index contributed by atoms with van der Waals surface area (Å²) >= 11 is 0. The molecule has 5 aromatic rings. The minimum atomic E-state index is -5.08. The molecule has 48 heavy (non-hydrogen) atoms. The van der Waals surface area contributed by atoms with Crippen LogP contribution < -0.4 is 25.8 Å². The van der Waals surface area contributed by atoms with Gasteiger partial charge in [0, 0.05) is 35.1 Å². The Bertz CT molecular complexity index is 1950. The largest absolute Gasteiger partial charge is 0.508 e. The number of nitrogens with zero attached hydrogens (tertiary/aromatic N) is 3. The van der Waals surface area contributed by atoms with E-state index < -0.39 is 18.2 Å². The molecule has 0 aliphatic heterocycles. The molecule has 0 fully saturated rings. The van der Waals surface area contributed by atoms with Gasteiger partial charge >= 0.3 is 12.1 Å². The van der Waals surface area contributed by atoms with Gasteiger partial charge in [0.15, 0.2) is 11.5 Å². The fourth-order valence-electron chi connectivity index (χ4n) is 4.87. The average Bonchev–Trinajstić information content (AvgIpc) is 3.39. The number of halogens is 3. The Kier molecular flexibility index (Phi) is 10.6. The second-order valence-corrected chi connectivity index (χ2v) is 10.5. The molecule has 0 saturated carbocycles. The number of hydrogen-bond donors (Lipinski definition) is 5. The molecule has 12 nitrogen and oxygen atoms in total. The Balaban J connectivity index is 0.000000671. The molecule has 1 unspecified atom stereocenters. The molecular formula is C33H33F3N6O6. The number of carboxylic acids is 1. The first-order valence-corrected chi connectivity index (χ1v) is 14.3. The van der Waals surface area contributed by atoms with Crippen molar-refractivity contribution in [2.45, 2.75) is 32.6 Å². The van der Waals surface area contributed by atoms with Crippen molar-refractivity contribution < 1.29 is 42.4 Å². The Hall–Kier alpha value is -5.99. The van der Waals surface area contributed by atoms with Gasteiger partial charge in [-0.25, -0.2) is 14.5 Å². The molecule has 0 bridgehead atoms. The van der Waals surface area contributed by atoms with E-state index in [2.05, 4.69) is 20.7 Å². The lowest BCUT2D eigenvalue weighted by Gasteiger charge is -2.22. The minimum Gasteiger partial charge on any atom is -0.508 e. The van der Waals surface area contributed by atoms with E-state index in [0.717, 1.165) is 33.5 Å². The molecule has 3 aromatic carbocycles. The van der Waals surface area contributed by atoms with Crippen LogP contribution in [0.2, 0.25) is 0 Å². The van der Waals surface area contributed by atoms with Gasteiger partial charge in [-0.2, -0.15) is 18.3 Å². The van der Waals surface area contributed by atoms with Crippen molar-refractivity contribution in [3.05, 3.63) is 95.4 Å².